The van der Waals surface area contributed by atoms with Crippen molar-refractivity contribution in [3.63, 3.8) is 0 Å². The number of carbonyl (C=O) groups excluding carboxylic acids is 3. The average Bonchev–Trinajstić information content (AvgIpc) is 3.20. The highest BCUT2D eigenvalue weighted by molar-refractivity contribution is 5.94. The van der Waals surface area contributed by atoms with E-state index in [1.165, 1.54) is 5.56 Å². The Morgan fingerprint density at radius 2 is 1.90 bits per heavy atom. The highest BCUT2D eigenvalue weighted by Gasteiger charge is 2.31. The molecule has 2 aromatic rings. The number of aromatic nitrogens is 1. The van der Waals surface area contributed by atoms with Gasteiger partial charge in [0.2, 0.25) is 0 Å². The highest BCUT2D eigenvalue weighted by Crippen LogP contribution is 2.20. The zero-order valence-electron chi connectivity index (χ0n) is 16.5. The van der Waals surface area contributed by atoms with Gasteiger partial charge in [0.15, 0.2) is 5.78 Å². The molecule has 0 radical (unpaired) electrons. The van der Waals surface area contributed by atoms with E-state index in [1.54, 1.807) is 22.9 Å². The number of ketones is 1. The molecular formula is C21H25N5O3. The van der Waals surface area contributed by atoms with Gasteiger partial charge < -0.3 is 19.7 Å². The standard InChI is InChI=1S/C21H25N5O3/c1-23-14-24(12-16-6-3-2-4-7-16)15-25(21(23)29)13-18(27)10-17-11-22-20(28)19-8-5-9-26(17)19/h2-9,17H,10-15H2,1H3,(H,22,28)/t17-/m1/s1. The number of benzene rings is 1. The molecule has 1 aromatic heterocycles. The van der Waals surface area contributed by atoms with Crippen LogP contribution < -0.4 is 5.32 Å². The summed E-state index contributed by atoms with van der Waals surface area (Å²) in [7, 11) is 1.75. The first-order chi connectivity index (χ1) is 14.0. The monoisotopic (exact) mass is 395 g/mol. The second-order valence-corrected chi connectivity index (χ2v) is 7.68. The summed E-state index contributed by atoms with van der Waals surface area (Å²) in [5.74, 6) is -0.141. The number of urea groups is 1. The van der Waals surface area contributed by atoms with E-state index in [-0.39, 0.29) is 36.7 Å². The SMILES string of the molecule is CN1CN(Cc2ccccc2)CN(CC(=O)C[C@@H]2CNC(=O)c3cccn32)C1=O. The molecule has 1 atom stereocenters. The Hall–Kier alpha value is -3.13. The predicted molar refractivity (Wildman–Crippen MR) is 107 cm³/mol. The molecule has 3 amide bonds. The molecule has 152 valence electrons. The lowest BCUT2D eigenvalue weighted by Crippen LogP contribution is -2.57. The fraction of sp³-hybridized carbons (Fsp3) is 0.381. The molecular weight excluding hydrogens is 370 g/mol. The minimum Gasteiger partial charge on any atom is -0.349 e. The summed E-state index contributed by atoms with van der Waals surface area (Å²) in [6.45, 7) is 2.14. The molecule has 0 saturated carbocycles. The molecule has 0 unspecified atom stereocenters. The van der Waals surface area contributed by atoms with Crippen molar-refractivity contribution in [2.75, 3.05) is 33.5 Å². The summed E-state index contributed by atoms with van der Waals surface area (Å²) in [5, 5.41) is 2.82. The Morgan fingerprint density at radius 1 is 1.10 bits per heavy atom. The number of Topliss-reactive ketones (excluding diaryl/α,β-unsaturated/α-hetero) is 1. The molecule has 2 aliphatic rings. The van der Waals surface area contributed by atoms with E-state index in [2.05, 4.69) is 22.3 Å². The Morgan fingerprint density at radius 3 is 2.69 bits per heavy atom. The minimum atomic E-state index is -0.138. The maximum atomic E-state index is 12.8. The number of nitrogens with zero attached hydrogens (tertiary/aromatic N) is 4. The van der Waals surface area contributed by atoms with E-state index in [1.807, 2.05) is 35.0 Å². The van der Waals surface area contributed by atoms with Gasteiger partial charge in [-0.3, -0.25) is 14.5 Å². The number of fused-ring (bicyclic) bond motifs is 1. The van der Waals surface area contributed by atoms with Gasteiger partial charge in [0.1, 0.15) is 5.69 Å². The third-order valence-corrected chi connectivity index (χ3v) is 5.36. The molecule has 1 aromatic carbocycles. The number of hydrogen-bond donors (Lipinski definition) is 1. The van der Waals surface area contributed by atoms with Gasteiger partial charge in [-0.25, -0.2) is 4.79 Å². The topological polar surface area (TPSA) is 77.9 Å². The van der Waals surface area contributed by atoms with Crippen LogP contribution in [0.15, 0.2) is 48.7 Å². The number of nitrogens with one attached hydrogen (secondary N) is 1. The zero-order chi connectivity index (χ0) is 20.4. The summed E-state index contributed by atoms with van der Waals surface area (Å²) in [6.07, 6.45) is 2.10. The normalized spacial score (nSPS) is 19.8. The first-order valence-electron chi connectivity index (χ1n) is 9.74. The third kappa shape index (κ3) is 4.17. The van der Waals surface area contributed by atoms with Crippen molar-refractivity contribution in [2.24, 2.45) is 0 Å². The number of rotatable bonds is 6. The van der Waals surface area contributed by atoms with Crippen LogP contribution in [0.25, 0.3) is 0 Å². The van der Waals surface area contributed by atoms with Crippen LogP contribution in [0.5, 0.6) is 0 Å². The maximum Gasteiger partial charge on any atom is 0.322 e. The number of hydrogen-bond acceptors (Lipinski definition) is 4. The van der Waals surface area contributed by atoms with E-state index >= 15 is 0 Å². The lowest BCUT2D eigenvalue weighted by molar-refractivity contribution is -0.121. The fourth-order valence-corrected chi connectivity index (χ4v) is 4.02. The minimum absolute atomic E-state index is 0.0193. The number of carbonyl (C=O) groups is 3. The van der Waals surface area contributed by atoms with Gasteiger partial charge in [-0.05, 0) is 17.7 Å². The van der Waals surface area contributed by atoms with Crippen molar-refractivity contribution < 1.29 is 14.4 Å². The molecule has 8 heteroatoms. The molecule has 3 heterocycles. The number of amides is 3. The van der Waals surface area contributed by atoms with Crippen molar-refractivity contribution in [1.29, 1.82) is 0 Å². The predicted octanol–water partition coefficient (Wildman–Crippen LogP) is 1.52. The molecule has 29 heavy (non-hydrogen) atoms. The van der Waals surface area contributed by atoms with Crippen LogP contribution in [0.4, 0.5) is 4.79 Å². The molecule has 0 spiro atoms. The second-order valence-electron chi connectivity index (χ2n) is 7.68. The Bertz CT molecular complexity index is 910. The van der Waals surface area contributed by atoms with E-state index in [0.717, 1.165) is 0 Å². The van der Waals surface area contributed by atoms with Crippen molar-refractivity contribution in [3.05, 3.63) is 59.9 Å². The molecule has 4 rings (SSSR count). The van der Waals surface area contributed by atoms with Gasteiger partial charge >= 0.3 is 6.03 Å². The maximum absolute atomic E-state index is 12.8. The zero-order valence-corrected chi connectivity index (χ0v) is 16.5. The van der Waals surface area contributed by atoms with Gasteiger partial charge in [-0.1, -0.05) is 30.3 Å². The lowest BCUT2D eigenvalue weighted by Gasteiger charge is -2.40. The summed E-state index contributed by atoms with van der Waals surface area (Å²) >= 11 is 0. The van der Waals surface area contributed by atoms with Crippen molar-refractivity contribution in [1.82, 2.24) is 24.6 Å². The van der Waals surface area contributed by atoms with Crippen LogP contribution in [-0.4, -0.2) is 70.5 Å². The van der Waals surface area contributed by atoms with Crippen LogP contribution in [-0.2, 0) is 11.3 Å². The van der Waals surface area contributed by atoms with E-state index in [4.69, 9.17) is 0 Å². The molecule has 0 bridgehead atoms. The second kappa shape index (κ2) is 8.08. The largest absolute Gasteiger partial charge is 0.349 e. The molecule has 1 saturated heterocycles. The van der Waals surface area contributed by atoms with Crippen LogP contribution in [0.2, 0.25) is 0 Å². The van der Waals surface area contributed by atoms with Crippen molar-refractivity contribution in [2.45, 2.75) is 19.0 Å². The Labute approximate surface area is 169 Å². The average molecular weight is 395 g/mol. The van der Waals surface area contributed by atoms with E-state index in [9.17, 15) is 14.4 Å². The van der Waals surface area contributed by atoms with Gasteiger partial charge in [0.05, 0.1) is 25.9 Å². The lowest BCUT2D eigenvalue weighted by atomic mass is 10.1. The molecule has 8 nitrogen and oxygen atoms in total. The first-order valence-corrected chi connectivity index (χ1v) is 9.74. The summed E-state index contributed by atoms with van der Waals surface area (Å²) < 4.78 is 1.85. The van der Waals surface area contributed by atoms with E-state index in [0.29, 0.717) is 32.1 Å². The molecule has 2 aliphatic heterocycles. The van der Waals surface area contributed by atoms with Crippen LogP contribution >= 0.6 is 0 Å². The highest BCUT2D eigenvalue weighted by atomic mass is 16.2. The molecule has 0 aliphatic carbocycles. The summed E-state index contributed by atoms with van der Waals surface area (Å²) in [6, 6.07) is 13.4. The van der Waals surface area contributed by atoms with E-state index < -0.39 is 0 Å². The third-order valence-electron chi connectivity index (χ3n) is 5.36. The summed E-state index contributed by atoms with van der Waals surface area (Å²) in [5.41, 5.74) is 1.73. The Kier molecular flexibility index (Phi) is 5.35. The van der Waals surface area contributed by atoms with Crippen LogP contribution in [0.1, 0.15) is 28.5 Å². The fourth-order valence-electron chi connectivity index (χ4n) is 4.02. The van der Waals surface area contributed by atoms with Gasteiger partial charge in [0, 0.05) is 32.8 Å². The van der Waals surface area contributed by atoms with Gasteiger partial charge in [-0.2, -0.15) is 0 Å². The Balaban J connectivity index is 1.38. The van der Waals surface area contributed by atoms with Gasteiger partial charge in [-0.15, -0.1) is 0 Å². The molecule has 1 N–H and O–H groups in total. The smallest absolute Gasteiger partial charge is 0.322 e. The van der Waals surface area contributed by atoms with Crippen molar-refractivity contribution >= 4 is 17.7 Å². The summed E-state index contributed by atoms with van der Waals surface area (Å²) in [4.78, 5) is 42.5. The first kappa shape index (κ1) is 19.2. The van der Waals surface area contributed by atoms with Crippen molar-refractivity contribution in [3.8, 4) is 0 Å². The van der Waals surface area contributed by atoms with Gasteiger partial charge in [0.25, 0.3) is 5.91 Å². The van der Waals surface area contributed by atoms with Crippen LogP contribution in [0.3, 0.4) is 0 Å². The van der Waals surface area contributed by atoms with Crippen LogP contribution in [0, 0.1) is 0 Å². The quantitative estimate of drug-likeness (QED) is 0.804. The molecule has 1 fully saturated rings.